The van der Waals surface area contributed by atoms with Gasteiger partial charge in [0.15, 0.2) is 11.5 Å². The summed E-state index contributed by atoms with van der Waals surface area (Å²) in [4.78, 5) is 12.7. The summed E-state index contributed by atoms with van der Waals surface area (Å²) in [6.07, 6.45) is 3.71. The summed E-state index contributed by atoms with van der Waals surface area (Å²) in [5.74, 6) is 0.429. The van der Waals surface area contributed by atoms with Gasteiger partial charge in [-0.2, -0.15) is 5.26 Å². The van der Waals surface area contributed by atoms with Gasteiger partial charge in [-0.05, 0) is 48.4 Å². The summed E-state index contributed by atoms with van der Waals surface area (Å²) in [5, 5.41) is 13.2. The minimum Gasteiger partial charge on any atom is -0.493 e. The smallest absolute Gasteiger partial charge is 0.266 e. The summed E-state index contributed by atoms with van der Waals surface area (Å²) in [6, 6.07) is 19.7. The van der Waals surface area contributed by atoms with E-state index in [1.165, 1.54) is 13.2 Å². The lowest BCUT2D eigenvalue weighted by atomic mass is 10.0. The molecule has 0 fully saturated rings. The van der Waals surface area contributed by atoms with Crippen molar-refractivity contribution >= 4 is 40.9 Å². The number of nitriles is 1. The van der Waals surface area contributed by atoms with Gasteiger partial charge in [0.1, 0.15) is 18.2 Å². The molecule has 0 aliphatic rings. The third-order valence-corrected chi connectivity index (χ3v) is 5.56. The Labute approximate surface area is 208 Å². The fraction of sp³-hybridized carbons (Fsp3) is 0.111. The molecule has 0 unspecified atom stereocenters. The Morgan fingerprint density at radius 2 is 1.79 bits per heavy atom. The van der Waals surface area contributed by atoms with E-state index < -0.39 is 5.91 Å². The highest BCUT2D eigenvalue weighted by Crippen LogP contribution is 2.35. The Morgan fingerprint density at radius 3 is 2.44 bits per heavy atom. The molecule has 0 aliphatic heterocycles. The van der Waals surface area contributed by atoms with Crippen molar-refractivity contribution in [2.45, 2.75) is 13.0 Å². The number of anilines is 1. The monoisotopic (exact) mass is 492 g/mol. The number of methoxy groups -OCH3 is 1. The van der Waals surface area contributed by atoms with E-state index in [-0.39, 0.29) is 12.2 Å². The van der Waals surface area contributed by atoms with Crippen molar-refractivity contribution < 1.29 is 14.3 Å². The number of para-hydroxylation sites is 1. The van der Waals surface area contributed by atoms with Crippen LogP contribution in [0.15, 0.2) is 78.9 Å². The molecular formula is C27H22Cl2N2O3. The number of ether oxygens (including phenoxy) is 2. The zero-order chi connectivity index (χ0) is 24.5. The molecule has 0 spiro atoms. The lowest BCUT2D eigenvalue weighted by molar-refractivity contribution is -0.112. The second kappa shape index (κ2) is 11.9. The van der Waals surface area contributed by atoms with Gasteiger partial charge in [0.05, 0.1) is 17.8 Å². The number of benzene rings is 3. The highest BCUT2D eigenvalue weighted by molar-refractivity contribution is 6.34. The predicted molar refractivity (Wildman–Crippen MR) is 136 cm³/mol. The van der Waals surface area contributed by atoms with Crippen molar-refractivity contribution in [3.63, 3.8) is 0 Å². The summed E-state index contributed by atoms with van der Waals surface area (Å²) < 4.78 is 11.6. The van der Waals surface area contributed by atoms with Crippen molar-refractivity contribution in [1.29, 1.82) is 5.26 Å². The van der Waals surface area contributed by atoms with E-state index in [2.05, 4.69) is 11.9 Å². The van der Waals surface area contributed by atoms with E-state index >= 15 is 0 Å². The number of amides is 1. The number of carbonyl (C=O) groups excluding carboxylic acids is 1. The second-order valence-electron chi connectivity index (χ2n) is 7.19. The first-order chi connectivity index (χ1) is 16.5. The topological polar surface area (TPSA) is 71.4 Å². The first kappa shape index (κ1) is 24.9. The molecule has 0 bridgehead atoms. The minimum atomic E-state index is -0.570. The Bertz CT molecular complexity index is 1280. The SMILES string of the molecule is C=CCc1cc(/C=C(\C#N)C(=O)Nc2ccccc2Cl)cc(OC)c1OCc1ccccc1Cl. The molecule has 1 amide bonds. The van der Waals surface area contributed by atoms with E-state index in [1.54, 1.807) is 42.5 Å². The zero-order valence-electron chi connectivity index (χ0n) is 18.5. The third-order valence-electron chi connectivity index (χ3n) is 4.87. The molecule has 0 radical (unpaired) electrons. The maximum absolute atomic E-state index is 12.7. The van der Waals surface area contributed by atoms with Crippen LogP contribution < -0.4 is 14.8 Å². The Balaban J connectivity index is 1.92. The molecule has 0 atom stereocenters. The highest BCUT2D eigenvalue weighted by Gasteiger charge is 2.16. The number of nitrogens with one attached hydrogen (secondary N) is 1. The molecule has 7 heteroatoms. The fourth-order valence-corrected chi connectivity index (χ4v) is 3.60. The Kier molecular flexibility index (Phi) is 8.75. The molecule has 5 nitrogen and oxygen atoms in total. The fourth-order valence-electron chi connectivity index (χ4n) is 3.22. The van der Waals surface area contributed by atoms with Crippen molar-refractivity contribution in [1.82, 2.24) is 0 Å². The maximum Gasteiger partial charge on any atom is 0.266 e. The largest absolute Gasteiger partial charge is 0.493 e. The Hall–Kier alpha value is -3.72. The van der Waals surface area contributed by atoms with Crippen LogP contribution in [-0.2, 0) is 17.8 Å². The van der Waals surface area contributed by atoms with Gasteiger partial charge < -0.3 is 14.8 Å². The number of halogens is 2. The molecule has 0 saturated heterocycles. The standard InChI is InChI=1S/C27H22Cl2N2O3/c1-3-8-19-13-18(14-21(16-30)27(32)31-24-12-7-6-11-23(24)29)15-25(33-2)26(19)34-17-20-9-4-5-10-22(20)28/h3-7,9-15H,1,8,17H2,2H3,(H,31,32)/b21-14+. The number of allylic oxidation sites excluding steroid dienone is 1. The number of hydrogen-bond donors (Lipinski definition) is 1. The van der Waals surface area contributed by atoms with Crippen molar-refractivity contribution in [2.24, 2.45) is 0 Å². The van der Waals surface area contributed by atoms with Gasteiger partial charge in [0.25, 0.3) is 5.91 Å². The molecule has 172 valence electrons. The maximum atomic E-state index is 12.7. The van der Waals surface area contributed by atoms with Crippen LogP contribution in [0.25, 0.3) is 6.08 Å². The van der Waals surface area contributed by atoms with Crippen LogP contribution in [-0.4, -0.2) is 13.0 Å². The van der Waals surface area contributed by atoms with Gasteiger partial charge >= 0.3 is 0 Å². The van der Waals surface area contributed by atoms with E-state index in [0.29, 0.717) is 39.2 Å². The molecular weight excluding hydrogens is 471 g/mol. The molecule has 34 heavy (non-hydrogen) atoms. The molecule has 0 aromatic heterocycles. The van der Waals surface area contributed by atoms with Gasteiger partial charge in [0.2, 0.25) is 0 Å². The molecule has 0 aliphatic carbocycles. The van der Waals surface area contributed by atoms with E-state index in [0.717, 1.165) is 11.1 Å². The van der Waals surface area contributed by atoms with Gasteiger partial charge in [-0.3, -0.25) is 4.79 Å². The van der Waals surface area contributed by atoms with Crippen molar-refractivity contribution in [2.75, 3.05) is 12.4 Å². The lowest BCUT2D eigenvalue weighted by Gasteiger charge is -2.16. The first-order valence-corrected chi connectivity index (χ1v) is 11.1. The summed E-state index contributed by atoms with van der Waals surface area (Å²) >= 11 is 12.4. The number of carbonyl (C=O) groups is 1. The van der Waals surface area contributed by atoms with Gasteiger partial charge in [-0.25, -0.2) is 0 Å². The average Bonchev–Trinajstić information content (AvgIpc) is 2.84. The van der Waals surface area contributed by atoms with Gasteiger partial charge in [-0.1, -0.05) is 59.6 Å². The van der Waals surface area contributed by atoms with E-state index in [1.807, 2.05) is 30.3 Å². The third kappa shape index (κ3) is 6.20. The van der Waals surface area contributed by atoms with Gasteiger partial charge in [-0.15, -0.1) is 6.58 Å². The second-order valence-corrected chi connectivity index (χ2v) is 8.00. The summed E-state index contributed by atoms with van der Waals surface area (Å²) in [7, 11) is 1.53. The van der Waals surface area contributed by atoms with Crippen LogP contribution in [0.2, 0.25) is 10.0 Å². The number of rotatable bonds is 9. The Morgan fingerprint density at radius 1 is 1.09 bits per heavy atom. The van der Waals surface area contributed by atoms with Crippen LogP contribution in [0.3, 0.4) is 0 Å². The number of hydrogen-bond acceptors (Lipinski definition) is 4. The van der Waals surface area contributed by atoms with Crippen LogP contribution in [0.1, 0.15) is 16.7 Å². The van der Waals surface area contributed by atoms with Crippen molar-refractivity contribution in [3.05, 3.63) is 106 Å². The predicted octanol–water partition coefficient (Wildman–Crippen LogP) is 6.86. The van der Waals surface area contributed by atoms with Crippen LogP contribution in [0, 0.1) is 11.3 Å². The molecule has 3 aromatic rings. The van der Waals surface area contributed by atoms with Crippen molar-refractivity contribution in [3.8, 4) is 17.6 Å². The molecule has 0 heterocycles. The van der Waals surface area contributed by atoms with E-state index in [4.69, 9.17) is 32.7 Å². The highest BCUT2D eigenvalue weighted by atomic mass is 35.5. The van der Waals surface area contributed by atoms with E-state index in [9.17, 15) is 10.1 Å². The molecule has 1 N–H and O–H groups in total. The normalized spacial score (nSPS) is 10.8. The quantitative estimate of drug-likeness (QED) is 0.201. The molecule has 0 saturated carbocycles. The van der Waals surface area contributed by atoms with Gasteiger partial charge in [0, 0.05) is 16.1 Å². The summed E-state index contributed by atoms with van der Waals surface area (Å²) in [5.41, 5.74) is 2.56. The first-order valence-electron chi connectivity index (χ1n) is 10.3. The van der Waals surface area contributed by atoms with Crippen LogP contribution in [0.4, 0.5) is 5.69 Å². The summed E-state index contributed by atoms with van der Waals surface area (Å²) in [6.45, 7) is 4.06. The van der Waals surface area contributed by atoms with Crippen LogP contribution >= 0.6 is 23.2 Å². The number of nitrogens with zero attached hydrogens (tertiary/aromatic N) is 1. The van der Waals surface area contributed by atoms with Crippen LogP contribution in [0.5, 0.6) is 11.5 Å². The zero-order valence-corrected chi connectivity index (χ0v) is 20.0. The molecule has 3 aromatic carbocycles. The average molecular weight is 493 g/mol. The minimum absolute atomic E-state index is 0.0868. The lowest BCUT2D eigenvalue weighted by Crippen LogP contribution is -2.13. The molecule has 3 rings (SSSR count).